The van der Waals surface area contributed by atoms with E-state index < -0.39 is 18.7 Å². The fourth-order valence-corrected chi connectivity index (χ4v) is 3.33. The average Bonchev–Trinajstić information content (AvgIpc) is 2.38. The minimum atomic E-state index is -3.72. The van der Waals surface area contributed by atoms with E-state index in [-0.39, 0.29) is 6.42 Å². The third-order valence-corrected chi connectivity index (χ3v) is 5.46. The van der Waals surface area contributed by atoms with Crippen LogP contribution in [0.1, 0.15) is 12.5 Å². The van der Waals surface area contributed by atoms with Gasteiger partial charge >= 0.3 is 13.6 Å². The quantitative estimate of drug-likeness (QED) is 0.806. The second-order valence-corrected chi connectivity index (χ2v) is 6.82. The van der Waals surface area contributed by atoms with Gasteiger partial charge in [0.25, 0.3) is 0 Å². The lowest BCUT2D eigenvalue weighted by Crippen LogP contribution is -2.38. The van der Waals surface area contributed by atoms with Gasteiger partial charge in [-0.2, -0.15) is 0 Å². The topological polar surface area (TPSA) is 72.8 Å². The van der Waals surface area contributed by atoms with E-state index in [4.69, 9.17) is 9.05 Å². The van der Waals surface area contributed by atoms with Gasteiger partial charge in [0, 0.05) is 14.2 Å². The highest BCUT2D eigenvalue weighted by Gasteiger charge is 2.52. The Labute approximate surface area is 106 Å². The Hall–Kier alpha value is -1.16. The van der Waals surface area contributed by atoms with Gasteiger partial charge in [0.05, 0.1) is 0 Å². The van der Waals surface area contributed by atoms with Crippen LogP contribution in [0, 0.1) is 0 Å². The molecule has 0 aromatic heterocycles. The van der Waals surface area contributed by atoms with E-state index in [2.05, 4.69) is 0 Å². The van der Waals surface area contributed by atoms with E-state index >= 15 is 0 Å². The number of aliphatic carboxylic acids is 1. The molecule has 0 bridgehead atoms. The molecule has 100 valence electrons. The van der Waals surface area contributed by atoms with Crippen LogP contribution in [0.2, 0.25) is 0 Å². The Morgan fingerprint density at radius 1 is 1.28 bits per heavy atom. The minimum absolute atomic E-state index is 0.0716. The largest absolute Gasteiger partial charge is 0.480 e. The Balaban J connectivity index is 3.17. The second kappa shape index (κ2) is 5.65. The van der Waals surface area contributed by atoms with Gasteiger partial charge in [-0.05, 0) is 18.9 Å². The molecule has 0 saturated carbocycles. The summed E-state index contributed by atoms with van der Waals surface area (Å²) in [5.41, 5.74) is 0.761. The summed E-state index contributed by atoms with van der Waals surface area (Å²) in [6.07, 6.45) is 0.0716. The highest BCUT2D eigenvalue weighted by atomic mass is 31.2. The van der Waals surface area contributed by atoms with Gasteiger partial charge in [0.15, 0.2) is 5.16 Å². The summed E-state index contributed by atoms with van der Waals surface area (Å²) in [7, 11) is -1.34. The number of carboxylic acid groups (broad SMARTS) is 1. The van der Waals surface area contributed by atoms with Crippen molar-refractivity contribution in [2.45, 2.75) is 18.5 Å². The highest BCUT2D eigenvalue weighted by Crippen LogP contribution is 2.60. The molecule has 0 heterocycles. The summed E-state index contributed by atoms with van der Waals surface area (Å²) < 4.78 is 22.1. The van der Waals surface area contributed by atoms with Crippen LogP contribution in [0.15, 0.2) is 30.3 Å². The maximum atomic E-state index is 12.4. The molecular formula is C12H17O5P. The van der Waals surface area contributed by atoms with E-state index in [0.29, 0.717) is 0 Å². The van der Waals surface area contributed by atoms with E-state index in [1.54, 1.807) is 24.3 Å². The van der Waals surface area contributed by atoms with Crippen molar-refractivity contribution in [1.82, 2.24) is 0 Å². The van der Waals surface area contributed by atoms with Crippen molar-refractivity contribution in [3.05, 3.63) is 35.9 Å². The molecule has 0 spiro atoms. The summed E-state index contributed by atoms with van der Waals surface area (Å²) in [5.74, 6) is -1.21. The van der Waals surface area contributed by atoms with Crippen molar-refractivity contribution in [2.24, 2.45) is 0 Å². The molecule has 0 saturated heterocycles. The van der Waals surface area contributed by atoms with E-state index in [9.17, 15) is 14.5 Å². The highest BCUT2D eigenvalue weighted by molar-refractivity contribution is 7.56. The first-order valence-corrected chi connectivity index (χ1v) is 6.93. The standard InChI is InChI=1S/C12H17O5P/c1-12(11(13)14,18(15,16-2)17-3)9-10-7-5-4-6-8-10/h4-8H,9H2,1-3H3,(H,13,14). The molecule has 1 rings (SSSR count). The first kappa shape index (κ1) is 14.9. The molecular weight excluding hydrogens is 255 g/mol. The predicted octanol–water partition coefficient (Wildman–Crippen LogP) is 2.56. The lowest BCUT2D eigenvalue weighted by molar-refractivity contribution is -0.140. The van der Waals surface area contributed by atoms with Gasteiger partial charge in [-0.1, -0.05) is 30.3 Å². The Kier molecular flexibility index (Phi) is 4.68. The van der Waals surface area contributed by atoms with Gasteiger partial charge in [-0.15, -0.1) is 0 Å². The molecule has 18 heavy (non-hydrogen) atoms. The molecule has 0 fully saturated rings. The van der Waals surface area contributed by atoms with Gasteiger partial charge in [-0.25, -0.2) is 0 Å². The average molecular weight is 272 g/mol. The molecule has 1 aromatic rings. The lowest BCUT2D eigenvalue weighted by atomic mass is 10.0. The van der Waals surface area contributed by atoms with E-state index in [1.807, 2.05) is 6.07 Å². The second-order valence-electron chi connectivity index (χ2n) is 4.10. The molecule has 6 heteroatoms. The van der Waals surface area contributed by atoms with Gasteiger partial charge in [-0.3, -0.25) is 9.36 Å². The zero-order valence-electron chi connectivity index (χ0n) is 10.6. The third kappa shape index (κ3) is 2.64. The molecule has 0 radical (unpaired) electrons. The molecule has 0 aliphatic carbocycles. The van der Waals surface area contributed by atoms with Crippen LogP contribution in [0.4, 0.5) is 0 Å². The van der Waals surface area contributed by atoms with Crippen LogP contribution in [0.25, 0.3) is 0 Å². The fraction of sp³-hybridized carbons (Fsp3) is 0.417. The Bertz CT molecular complexity index is 451. The van der Waals surface area contributed by atoms with Crippen molar-refractivity contribution >= 4 is 13.6 Å². The predicted molar refractivity (Wildman–Crippen MR) is 67.8 cm³/mol. The number of carboxylic acids is 1. The molecule has 0 aliphatic heterocycles. The maximum Gasteiger partial charge on any atom is 0.347 e. The van der Waals surface area contributed by atoms with Crippen LogP contribution in [-0.4, -0.2) is 30.5 Å². The van der Waals surface area contributed by atoms with Gasteiger partial charge in [0.1, 0.15) is 0 Å². The molecule has 0 aliphatic rings. The monoisotopic (exact) mass is 272 g/mol. The van der Waals surface area contributed by atoms with Crippen LogP contribution in [-0.2, 0) is 24.8 Å². The Morgan fingerprint density at radius 3 is 2.17 bits per heavy atom. The number of carbonyl (C=O) groups is 1. The SMILES string of the molecule is COP(=O)(OC)C(C)(Cc1ccccc1)C(=O)O. The van der Waals surface area contributed by atoms with Crippen LogP contribution < -0.4 is 0 Å². The van der Waals surface area contributed by atoms with Crippen LogP contribution in [0.5, 0.6) is 0 Å². The first-order chi connectivity index (χ1) is 8.39. The van der Waals surface area contributed by atoms with Crippen molar-refractivity contribution in [2.75, 3.05) is 14.2 Å². The normalized spacial score (nSPS) is 15.1. The fourth-order valence-electron chi connectivity index (χ4n) is 1.76. The molecule has 1 N–H and O–H groups in total. The zero-order valence-corrected chi connectivity index (χ0v) is 11.5. The zero-order chi connectivity index (χ0) is 13.8. The van der Waals surface area contributed by atoms with E-state index in [0.717, 1.165) is 5.56 Å². The first-order valence-electron chi connectivity index (χ1n) is 5.38. The van der Waals surface area contributed by atoms with Crippen LogP contribution in [0.3, 0.4) is 0 Å². The molecule has 0 amide bonds. The van der Waals surface area contributed by atoms with Crippen molar-refractivity contribution in [3.63, 3.8) is 0 Å². The summed E-state index contributed by atoms with van der Waals surface area (Å²) in [4.78, 5) is 11.5. The number of hydrogen-bond acceptors (Lipinski definition) is 4. The lowest BCUT2D eigenvalue weighted by Gasteiger charge is -2.30. The third-order valence-electron chi connectivity index (χ3n) is 2.94. The Morgan fingerprint density at radius 2 is 1.78 bits per heavy atom. The smallest absolute Gasteiger partial charge is 0.347 e. The maximum absolute atomic E-state index is 12.4. The minimum Gasteiger partial charge on any atom is -0.480 e. The van der Waals surface area contributed by atoms with Crippen LogP contribution >= 0.6 is 7.60 Å². The van der Waals surface area contributed by atoms with Crippen molar-refractivity contribution in [3.8, 4) is 0 Å². The number of hydrogen-bond donors (Lipinski definition) is 1. The molecule has 1 unspecified atom stereocenters. The summed E-state index contributed by atoms with van der Waals surface area (Å²) >= 11 is 0. The van der Waals surface area contributed by atoms with Crippen molar-refractivity contribution < 1.29 is 23.5 Å². The summed E-state index contributed by atoms with van der Waals surface area (Å²) in [6, 6.07) is 8.96. The number of rotatable bonds is 6. The summed E-state index contributed by atoms with van der Waals surface area (Å²) in [5, 5.41) is 7.75. The van der Waals surface area contributed by atoms with E-state index in [1.165, 1.54) is 21.1 Å². The number of benzene rings is 1. The molecule has 5 nitrogen and oxygen atoms in total. The summed E-state index contributed by atoms with van der Waals surface area (Å²) in [6.45, 7) is 1.37. The van der Waals surface area contributed by atoms with Crippen molar-refractivity contribution in [1.29, 1.82) is 0 Å². The molecule has 1 aromatic carbocycles. The molecule has 1 atom stereocenters. The van der Waals surface area contributed by atoms with Gasteiger partial charge in [0.2, 0.25) is 0 Å². The van der Waals surface area contributed by atoms with Gasteiger partial charge < -0.3 is 14.2 Å².